The highest BCUT2D eigenvalue weighted by Gasteiger charge is 2.08. The molecule has 0 aromatic carbocycles. The highest BCUT2D eigenvalue weighted by atomic mass is 16.2. The number of imidazole rings is 1. The average molecular weight is 178 g/mol. The normalized spacial score (nSPS) is 9.85. The van der Waals surface area contributed by atoms with Gasteiger partial charge >= 0.3 is 0 Å². The standard InChI is InChI=1S/C6H6N6O/c13-5(4-9-3-10-12-4)11-6-7-1-2-8-6/h1-3H,(H,9,10,12)(H2,7,8,11,13). The quantitative estimate of drug-likeness (QED) is 0.591. The van der Waals surface area contributed by atoms with Gasteiger partial charge in [-0.3, -0.25) is 15.2 Å². The van der Waals surface area contributed by atoms with Crippen LogP contribution in [0.25, 0.3) is 0 Å². The Hall–Kier alpha value is -2.18. The summed E-state index contributed by atoms with van der Waals surface area (Å²) in [4.78, 5) is 21.5. The predicted octanol–water partition coefficient (Wildman–Crippen LogP) is -0.220. The van der Waals surface area contributed by atoms with Gasteiger partial charge in [0.1, 0.15) is 6.33 Å². The summed E-state index contributed by atoms with van der Waals surface area (Å²) in [5, 5.41) is 8.46. The molecule has 2 aromatic heterocycles. The van der Waals surface area contributed by atoms with Crippen LogP contribution in [0.2, 0.25) is 0 Å². The number of amides is 1. The van der Waals surface area contributed by atoms with Gasteiger partial charge < -0.3 is 4.98 Å². The molecule has 1 amide bonds. The third-order valence-corrected chi connectivity index (χ3v) is 1.36. The molecule has 0 spiro atoms. The van der Waals surface area contributed by atoms with Gasteiger partial charge in [0.2, 0.25) is 11.8 Å². The molecule has 0 radical (unpaired) electrons. The van der Waals surface area contributed by atoms with E-state index >= 15 is 0 Å². The lowest BCUT2D eigenvalue weighted by Gasteiger charge is -1.95. The van der Waals surface area contributed by atoms with Crippen LogP contribution in [-0.2, 0) is 0 Å². The van der Waals surface area contributed by atoms with Crippen LogP contribution >= 0.6 is 0 Å². The molecule has 3 N–H and O–H groups in total. The number of hydrogen-bond donors (Lipinski definition) is 3. The van der Waals surface area contributed by atoms with E-state index in [4.69, 9.17) is 0 Å². The molecule has 0 bridgehead atoms. The van der Waals surface area contributed by atoms with Gasteiger partial charge in [-0.25, -0.2) is 9.97 Å². The van der Waals surface area contributed by atoms with Crippen LogP contribution in [0.15, 0.2) is 18.7 Å². The summed E-state index contributed by atoms with van der Waals surface area (Å²) in [5.74, 6) is 0.144. The molecule has 7 heteroatoms. The maximum Gasteiger partial charge on any atom is 0.295 e. The predicted molar refractivity (Wildman–Crippen MR) is 42.9 cm³/mol. The van der Waals surface area contributed by atoms with Crippen LogP contribution < -0.4 is 5.32 Å². The largest absolute Gasteiger partial charge is 0.331 e. The molecule has 2 rings (SSSR count). The van der Waals surface area contributed by atoms with Gasteiger partial charge in [-0.1, -0.05) is 0 Å². The molecular weight excluding hydrogens is 172 g/mol. The fourth-order valence-corrected chi connectivity index (χ4v) is 0.815. The van der Waals surface area contributed by atoms with Crippen molar-refractivity contribution in [3.8, 4) is 0 Å². The Labute approximate surface area is 72.6 Å². The number of nitrogens with zero attached hydrogens (tertiary/aromatic N) is 3. The number of carbonyl (C=O) groups excluding carboxylic acids is 1. The van der Waals surface area contributed by atoms with Crippen molar-refractivity contribution in [2.24, 2.45) is 0 Å². The molecule has 2 heterocycles. The lowest BCUT2D eigenvalue weighted by atomic mass is 10.6. The molecule has 0 aliphatic rings. The smallest absolute Gasteiger partial charge is 0.295 e. The first kappa shape index (κ1) is 7.47. The van der Waals surface area contributed by atoms with Crippen LogP contribution in [0.5, 0.6) is 0 Å². The number of rotatable bonds is 2. The summed E-state index contributed by atoms with van der Waals surface area (Å²) in [5.41, 5.74) is 0. The average Bonchev–Trinajstić information content (AvgIpc) is 2.74. The van der Waals surface area contributed by atoms with Crippen LogP contribution in [-0.4, -0.2) is 31.1 Å². The number of aromatic nitrogens is 5. The highest BCUT2D eigenvalue weighted by Crippen LogP contribution is 1.97. The summed E-state index contributed by atoms with van der Waals surface area (Å²) in [6.07, 6.45) is 4.41. The second-order valence-corrected chi connectivity index (χ2v) is 2.23. The van der Waals surface area contributed by atoms with Gasteiger partial charge in [0.15, 0.2) is 0 Å². The molecule has 0 fully saturated rings. The van der Waals surface area contributed by atoms with E-state index in [1.165, 1.54) is 12.5 Å². The van der Waals surface area contributed by atoms with Crippen molar-refractivity contribution in [2.75, 3.05) is 5.32 Å². The third-order valence-electron chi connectivity index (χ3n) is 1.36. The molecule has 66 valence electrons. The zero-order chi connectivity index (χ0) is 9.10. The Morgan fingerprint density at radius 1 is 1.46 bits per heavy atom. The number of anilines is 1. The van der Waals surface area contributed by atoms with Crippen LogP contribution in [0.1, 0.15) is 10.6 Å². The van der Waals surface area contributed by atoms with E-state index in [9.17, 15) is 4.79 Å². The Kier molecular flexibility index (Phi) is 1.75. The van der Waals surface area contributed by atoms with Gasteiger partial charge in [-0.15, -0.1) is 0 Å². The van der Waals surface area contributed by atoms with Gasteiger partial charge in [-0.2, -0.15) is 5.10 Å². The summed E-state index contributed by atoms with van der Waals surface area (Å²) in [6, 6.07) is 0. The second-order valence-electron chi connectivity index (χ2n) is 2.23. The number of aromatic amines is 2. The van der Waals surface area contributed by atoms with E-state index in [-0.39, 0.29) is 11.7 Å². The first-order valence-electron chi connectivity index (χ1n) is 3.52. The van der Waals surface area contributed by atoms with E-state index in [0.717, 1.165) is 0 Å². The van der Waals surface area contributed by atoms with Gasteiger partial charge in [-0.05, 0) is 0 Å². The van der Waals surface area contributed by atoms with Crippen LogP contribution in [0, 0.1) is 0 Å². The molecule has 0 saturated heterocycles. The van der Waals surface area contributed by atoms with Crippen molar-refractivity contribution in [1.29, 1.82) is 0 Å². The highest BCUT2D eigenvalue weighted by molar-refractivity contribution is 6.00. The molecule has 7 nitrogen and oxygen atoms in total. The second kappa shape index (κ2) is 3.05. The molecule has 0 atom stereocenters. The fraction of sp³-hybridized carbons (Fsp3) is 0. The van der Waals surface area contributed by atoms with Crippen LogP contribution in [0.3, 0.4) is 0 Å². The molecule has 13 heavy (non-hydrogen) atoms. The van der Waals surface area contributed by atoms with Gasteiger partial charge in [0, 0.05) is 12.4 Å². The third kappa shape index (κ3) is 1.53. The molecular formula is C6H6N6O. The van der Waals surface area contributed by atoms with Crippen molar-refractivity contribution < 1.29 is 4.79 Å². The van der Waals surface area contributed by atoms with Crippen molar-refractivity contribution in [1.82, 2.24) is 25.1 Å². The van der Waals surface area contributed by atoms with Gasteiger partial charge in [0.05, 0.1) is 0 Å². The molecule has 2 aromatic rings. The zero-order valence-corrected chi connectivity index (χ0v) is 6.48. The summed E-state index contributed by atoms with van der Waals surface area (Å²) in [7, 11) is 0. The number of H-pyrrole nitrogens is 2. The number of carbonyl (C=O) groups is 1. The molecule has 0 saturated carbocycles. The van der Waals surface area contributed by atoms with E-state index in [2.05, 4.69) is 30.5 Å². The maximum atomic E-state index is 11.3. The van der Waals surface area contributed by atoms with Crippen molar-refractivity contribution in [2.45, 2.75) is 0 Å². The molecule has 0 unspecified atom stereocenters. The summed E-state index contributed by atoms with van der Waals surface area (Å²) < 4.78 is 0. The Bertz CT molecular complexity index is 377. The van der Waals surface area contributed by atoms with Crippen molar-refractivity contribution in [3.05, 3.63) is 24.5 Å². The Morgan fingerprint density at radius 3 is 3.00 bits per heavy atom. The Balaban J connectivity index is 2.08. The minimum atomic E-state index is -0.382. The minimum absolute atomic E-state index is 0.149. The summed E-state index contributed by atoms with van der Waals surface area (Å²) >= 11 is 0. The number of nitrogens with one attached hydrogen (secondary N) is 3. The van der Waals surface area contributed by atoms with Gasteiger partial charge in [0.25, 0.3) is 5.91 Å². The monoisotopic (exact) mass is 178 g/mol. The number of hydrogen-bond acceptors (Lipinski definition) is 4. The zero-order valence-electron chi connectivity index (χ0n) is 6.48. The molecule has 0 aliphatic carbocycles. The van der Waals surface area contributed by atoms with Crippen molar-refractivity contribution >= 4 is 11.9 Å². The van der Waals surface area contributed by atoms with Crippen LogP contribution in [0.4, 0.5) is 5.95 Å². The van der Waals surface area contributed by atoms with E-state index in [1.54, 1.807) is 6.20 Å². The summed E-state index contributed by atoms with van der Waals surface area (Å²) in [6.45, 7) is 0. The lowest BCUT2D eigenvalue weighted by molar-refractivity contribution is 0.101. The lowest BCUT2D eigenvalue weighted by Crippen LogP contribution is -2.14. The fourth-order valence-electron chi connectivity index (χ4n) is 0.815. The maximum absolute atomic E-state index is 11.3. The minimum Gasteiger partial charge on any atom is -0.331 e. The first-order chi connectivity index (χ1) is 6.36. The Morgan fingerprint density at radius 2 is 2.38 bits per heavy atom. The molecule has 0 aliphatic heterocycles. The SMILES string of the molecule is O=C(Nc1ncc[nH]1)c1ncn[nH]1. The first-order valence-corrected chi connectivity index (χ1v) is 3.52. The topological polar surface area (TPSA) is 99.3 Å². The van der Waals surface area contributed by atoms with E-state index in [1.807, 2.05) is 0 Å². The van der Waals surface area contributed by atoms with E-state index in [0.29, 0.717) is 5.95 Å². The van der Waals surface area contributed by atoms with Crippen molar-refractivity contribution in [3.63, 3.8) is 0 Å². The van der Waals surface area contributed by atoms with E-state index < -0.39 is 0 Å².